The van der Waals surface area contributed by atoms with E-state index in [9.17, 15) is 4.79 Å². The second kappa shape index (κ2) is 6.60. The molecule has 1 fully saturated rings. The van der Waals surface area contributed by atoms with Crippen LogP contribution < -0.4 is 9.64 Å². The molecule has 3 heterocycles. The molecular weight excluding hydrogens is 350 g/mol. The molecular formula is C18H21N5O2S. The molecule has 0 radical (unpaired) electrons. The van der Waals surface area contributed by atoms with Crippen molar-refractivity contribution in [1.29, 1.82) is 0 Å². The summed E-state index contributed by atoms with van der Waals surface area (Å²) in [7, 11) is 3.53. The van der Waals surface area contributed by atoms with Gasteiger partial charge in [-0.3, -0.25) is 4.79 Å². The summed E-state index contributed by atoms with van der Waals surface area (Å²) in [6.45, 7) is 4.94. The van der Waals surface area contributed by atoms with Crippen LogP contribution in [0.3, 0.4) is 0 Å². The Hall–Kier alpha value is -2.61. The molecule has 8 heteroatoms. The van der Waals surface area contributed by atoms with Gasteiger partial charge in [-0.2, -0.15) is 5.10 Å². The smallest absolute Gasteiger partial charge is 0.254 e. The molecule has 0 atom stereocenters. The normalized spacial score (nSPS) is 14.9. The van der Waals surface area contributed by atoms with Gasteiger partial charge in [0.15, 0.2) is 10.8 Å². The number of ether oxygens (including phenoxy) is 1. The van der Waals surface area contributed by atoms with Crippen LogP contribution in [0.2, 0.25) is 0 Å². The van der Waals surface area contributed by atoms with Gasteiger partial charge in [0.05, 0.1) is 17.5 Å². The molecule has 0 saturated carbocycles. The number of hydrogen-bond acceptors (Lipinski definition) is 6. The van der Waals surface area contributed by atoms with Gasteiger partial charge in [-0.1, -0.05) is 17.4 Å². The lowest BCUT2D eigenvalue weighted by Crippen LogP contribution is -2.48. The van der Waals surface area contributed by atoms with Crippen LogP contribution >= 0.6 is 11.3 Å². The van der Waals surface area contributed by atoms with Crippen molar-refractivity contribution >= 4 is 32.7 Å². The largest absolute Gasteiger partial charge is 0.497 e. The van der Waals surface area contributed by atoms with E-state index in [1.807, 2.05) is 41.8 Å². The Morgan fingerprint density at radius 1 is 1.23 bits per heavy atom. The average Bonchev–Trinajstić information content (AvgIpc) is 3.23. The number of piperazine rings is 1. The zero-order valence-corrected chi connectivity index (χ0v) is 15.9. The third kappa shape index (κ3) is 2.90. The minimum Gasteiger partial charge on any atom is -0.497 e. The molecule has 3 aromatic rings. The maximum absolute atomic E-state index is 12.7. The summed E-state index contributed by atoms with van der Waals surface area (Å²) >= 11 is 1.67. The molecule has 0 aliphatic carbocycles. The molecule has 7 nitrogen and oxygen atoms in total. The van der Waals surface area contributed by atoms with Crippen molar-refractivity contribution in [3.63, 3.8) is 0 Å². The third-order valence-corrected chi connectivity index (χ3v) is 5.90. The molecule has 0 bridgehead atoms. The number of benzene rings is 1. The fourth-order valence-corrected chi connectivity index (χ4v) is 4.33. The zero-order chi connectivity index (χ0) is 18.3. The quantitative estimate of drug-likeness (QED) is 0.707. The fraction of sp³-hybridized carbons (Fsp3) is 0.389. The minimum atomic E-state index is 0.0490. The maximum atomic E-state index is 12.7. The number of aryl methyl sites for hydroxylation is 2. The second-order valence-corrected chi connectivity index (χ2v) is 7.35. The number of thiazole rings is 1. The molecule has 26 heavy (non-hydrogen) atoms. The van der Waals surface area contributed by atoms with Gasteiger partial charge in [-0.15, -0.1) is 0 Å². The van der Waals surface area contributed by atoms with E-state index in [2.05, 4.69) is 10.00 Å². The standard InChI is InChI=1S/C18H21N5O2S/c1-12-15-16(21(2)20-12)19-18(26-15)23-9-7-22(8-10-23)17(24)13-5-4-6-14(11-13)25-3/h4-6,11H,7-10H2,1-3H3. The summed E-state index contributed by atoms with van der Waals surface area (Å²) in [5, 5.41) is 5.41. The van der Waals surface area contributed by atoms with Crippen molar-refractivity contribution in [2.45, 2.75) is 6.92 Å². The Labute approximate surface area is 155 Å². The van der Waals surface area contributed by atoms with E-state index in [1.165, 1.54) is 0 Å². The van der Waals surface area contributed by atoms with E-state index < -0.39 is 0 Å². The van der Waals surface area contributed by atoms with E-state index >= 15 is 0 Å². The second-order valence-electron chi connectivity index (χ2n) is 6.37. The molecule has 4 rings (SSSR count). The number of rotatable bonds is 3. The Balaban J connectivity index is 1.46. The predicted molar refractivity (Wildman–Crippen MR) is 102 cm³/mol. The highest BCUT2D eigenvalue weighted by molar-refractivity contribution is 7.22. The highest BCUT2D eigenvalue weighted by Crippen LogP contribution is 2.31. The molecule has 0 N–H and O–H groups in total. The van der Waals surface area contributed by atoms with Gasteiger partial charge in [0.2, 0.25) is 0 Å². The lowest BCUT2D eigenvalue weighted by Gasteiger charge is -2.34. The monoisotopic (exact) mass is 371 g/mol. The average molecular weight is 371 g/mol. The number of amides is 1. The van der Waals surface area contributed by atoms with Crippen molar-refractivity contribution in [1.82, 2.24) is 19.7 Å². The first-order chi connectivity index (χ1) is 12.6. The van der Waals surface area contributed by atoms with Gasteiger partial charge < -0.3 is 14.5 Å². The number of anilines is 1. The van der Waals surface area contributed by atoms with Crippen LogP contribution in [0.15, 0.2) is 24.3 Å². The molecule has 1 aliphatic heterocycles. The van der Waals surface area contributed by atoms with Crippen LogP contribution in [0.25, 0.3) is 10.3 Å². The van der Waals surface area contributed by atoms with Crippen molar-refractivity contribution in [2.24, 2.45) is 7.05 Å². The number of nitrogens with zero attached hydrogens (tertiary/aromatic N) is 5. The molecule has 0 spiro atoms. The molecule has 1 saturated heterocycles. The first-order valence-corrected chi connectivity index (χ1v) is 9.37. The number of hydrogen-bond donors (Lipinski definition) is 0. The van der Waals surface area contributed by atoms with Gasteiger partial charge in [-0.05, 0) is 25.1 Å². The lowest BCUT2D eigenvalue weighted by atomic mass is 10.1. The van der Waals surface area contributed by atoms with Crippen LogP contribution in [0.5, 0.6) is 5.75 Å². The fourth-order valence-electron chi connectivity index (χ4n) is 3.25. The van der Waals surface area contributed by atoms with Crippen molar-refractivity contribution in [3.05, 3.63) is 35.5 Å². The highest BCUT2D eigenvalue weighted by Gasteiger charge is 2.25. The molecule has 136 valence electrons. The summed E-state index contributed by atoms with van der Waals surface area (Å²) in [5.41, 5.74) is 2.61. The summed E-state index contributed by atoms with van der Waals surface area (Å²) < 4.78 is 8.18. The van der Waals surface area contributed by atoms with Crippen molar-refractivity contribution < 1.29 is 9.53 Å². The Morgan fingerprint density at radius 3 is 2.69 bits per heavy atom. The van der Waals surface area contributed by atoms with Crippen LogP contribution in [0, 0.1) is 6.92 Å². The van der Waals surface area contributed by atoms with Gasteiger partial charge in [-0.25, -0.2) is 9.67 Å². The van der Waals surface area contributed by atoms with Crippen molar-refractivity contribution in [3.8, 4) is 5.75 Å². The first kappa shape index (κ1) is 16.8. The maximum Gasteiger partial charge on any atom is 0.254 e. The van der Waals surface area contributed by atoms with Crippen LogP contribution in [0.4, 0.5) is 5.13 Å². The van der Waals surface area contributed by atoms with Gasteiger partial charge in [0.25, 0.3) is 5.91 Å². The zero-order valence-electron chi connectivity index (χ0n) is 15.1. The molecule has 1 aliphatic rings. The van der Waals surface area contributed by atoms with E-state index in [1.54, 1.807) is 24.5 Å². The van der Waals surface area contributed by atoms with Crippen molar-refractivity contribution in [2.75, 3.05) is 38.2 Å². The van der Waals surface area contributed by atoms with Crippen LogP contribution in [-0.2, 0) is 7.05 Å². The first-order valence-electron chi connectivity index (χ1n) is 8.55. The van der Waals surface area contributed by atoms with Crippen LogP contribution in [0.1, 0.15) is 16.1 Å². The Morgan fingerprint density at radius 2 is 2.00 bits per heavy atom. The van der Waals surface area contributed by atoms with Gasteiger partial charge >= 0.3 is 0 Å². The number of carbonyl (C=O) groups excluding carboxylic acids is 1. The SMILES string of the molecule is COc1cccc(C(=O)N2CCN(c3nc4c(s3)c(C)nn4C)CC2)c1. The number of fused-ring (bicyclic) bond motifs is 1. The molecule has 1 aromatic carbocycles. The topological polar surface area (TPSA) is 63.5 Å². The number of carbonyl (C=O) groups is 1. The Bertz CT molecular complexity index is 921. The minimum absolute atomic E-state index is 0.0490. The van der Waals surface area contributed by atoms with Gasteiger partial charge in [0, 0.05) is 38.8 Å². The summed E-state index contributed by atoms with van der Waals surface area (Å²) in [4.78, 5) is 21.6. The van der Waals surface area contributed by atoms with E-state index in [4.69, 9.17) is 9.72 Å². The molecule has 1 amide bonds. The lowest BCUT2D eigenvalue weighted by molar-refractivity contribution is 0.0746. The summed E-state index contributed by atoms with van der Waals surface area (Å²) in [6, 6.07) is 7.32. The molecule has 0 unspecified atom stereocenters. The van der Waals surface area contributed by atoms with E-state index in [0.717, 1.165) is 34.3 Å². The predicted octanol–water partition coefficient (Wildman–Crippen LogP) is 2.31. The summed E-state index contributed by atoms with van der Waals surface area (Å²) in [5.74, 6) is 0.751. The number of aromatic nitrogens is 3. The Kier molecular flexibility index (Phi) is 4.28. The third-order valence-electron chi connectivity index (χ3n) is 4.69. The highest BCUT2D eigenvalue weighted by atomic mass is 32.1. The van der Waals surface area contributed by atoms with Gasteiger partial charge in [0.1, 0.15) is 5.75 Å². The molecule has 2 aromatic heterocycles. The van der Waals surface area contributed by atoms with E-state index in [-0.39, 0.29) is 5.91 Å². The van der Waals surface area contributed by atoms with E-state index in [0.29, 0.717) is 24.4 Å². The number of methoxy groups -OCH3 is 1. The summed E-state index contributed by atoms with van der Waals surface area (Å²) in [6.07, 6.45) is 0. The van der Waals surface area contributed by atoms with Crippen LogP contribution in [-0.4, -0.2) is 58.9 Å².